The fourth-order valence-corrected chi connectivity index (χ4v) is 3.98. The predicted molar refractivity (Wildman–Crippen MR) is 117 cm³/mol. The summed E-state index contributed by atoms with van der Waals surface area (Å²) in [6.45, 7) is 2.12. The van der Waals surface area contributed by atoms with Crippen LogP contribution in [-0.2, 0) is 6.42 Å². The summed E-state index contributed by atoms with van der Waals surface area (Å²) in [6.07, 6.45) is 2.79. The Hall–Kier alpha value is -2.15. The van der Waals surface area contributed by atoms with Gasteiger partial charge in [0, 0.05) is 17.5 Å². The number of amides is 1. The topological polar surface area (TPSA) is 54.9 Å². The first-order valence-corrected chi connectivity index (χ1v) is 10.7. The van der Waals surface area contributed by atoms with E-state index in [0.717, 1.165) is 22.6 Å². The van der Waals surface area contributed by atoms with E-state index in [-0.39, 0.29) is 21.6 Å². The second-order valence-electron chi connectivity index (χ2n) is 6.18. The first-order chi connectivity index (χ1) is 14.0. The number of thioether (sulfide) groups is 1. The lowest BCUT2D eigenvalue weighted by molar-refractivity contribution is 0.102. The van der Waals surface area contributed by atoms with Gasteiger partial charge in [-0.3, -0.25) is 4.79 Å². The summed E-state index contributed by atoms with van der Waals surface area (Å²) in [5.41, 5.74) is 1.61. The minimum Gasteiger partial charge on any atom is -0.318 e. The minimum atomic E-state index is -0.622. The Labute approximate surface area is 182 Å². The summed E-state index contributed by atoms with van der Waals surface area (Å²) < 4.78 is 14.1. The normalized spacial score (nSPS) is 10.8. The molecule has 1 N–H and O–H groups in total. The van der Waals surface area contributed by atoms with E-state index < -0.39 is 11.7 Å². The number of nitrogens with one attached hydrogen (secondary N) is 1. The number of benzene rings is 2. The van der Waals surface area contributed by atoms with Crippen LogP contribution in [0.2, 0.25) is 10.3 Å². The van der Waals surface area contributed by atoms with Crippen molar-refractivity contribution < 1.29 is 9.18 Å². The molecule has 0 atom stereocenters. The van der Waals surface area contributed by atoms with E-state index in [9.17, 15) is 9.18 Å². The Morgan fingerprint density at radius 2 is 1.97 bits per heavy atom. The van der Waals surface area contributed by atoms with E-state index in [1.54, 1.807) is 11.8 Å². The van der Waals surface area contributed by atoms with Crippen molar-refractivity contribution in [1.29, 1.82) is 0 Å². The molecule has 0 saturated heterocycles. The highest BCUT2D eigenvalue weighted by molar-refractivity contribution is 7.99. The van der Waals surface area contributed by atoms with Crippen LogP contribution in [0.5, 0.6) is 0 Å². The number of hydrogen-bond donors (Lipinski definition) is 1. The van der Waals surface area contributed by atoms with E-state index in [1.807, 2.05) is 24.3 Å². The van der Waals surface area contributed by atoms with E-state index in [1.165, 1.54) is 24.4 Å². The number of aromatic nitrogens is 2. The summed E-state index contributed by atoms with van der Waals surface area (Å²) in [7, 11) is 0. The van der Waals surface area contributed by atoms with Crippen LogP contribution in [0.25, 0.3) is 0 Å². The lowest BCUT2D eigenvalue weighted by atomic mass is 10.1. The maximum Gasteiger partial charge on any atom is 0.259 e. The molecule has 0 aliphatic rings. The first kappa shape index (κ1) is 21.6. The van der Waals surface area contributed by atoms with Gasteiger partial charge in [-0.2, -0.15) is 0 Å². The number of rotatable bonds is 7. The third kappa shape index (κ3) is 5.47. The second-order valence-corrected chi connectivity index (χ2v) is 8.07. The summed E-state index contributed by atoms with van der Waals surface area (Å²) in [6, 6.07) is 12.1. The van der Waals surface area contributed by atoms with Gasteiger partial charge in [-0.15, -0.1) is 11.8 Å². The predicted octanol–water partition coefficient (Wildman–Crippen LogP) is 6.27. The summed E-state index contributed by atoms with van der Waals surface area (Å²) in [5.74, 6) is -0.188. The Morgan fingerprint density at radius 1 is 1.17 bits per heavy atom. The van der Waals surface area contributed by atoms with Crippen molar-refractivity contribution in [3.8, 4) is 0 Å². The van der Waals surface area contributed by atoms with Gasteiger partial charge in [0.15, 0.2) is 0 Å². The number of hydrogen-bond acceptors (Lipinski definition) is 4. The SMILES string of the molecule is CCCSc1ccccc1Cc1nc(Cl)ncc1C(=O)Nc1c(F)cccc1Cl. The quantitative estimate of drug-likeness (QED) is 0.341. The molecule has 0 aliphatic heterocycles. The fraction of sp³-hybridized carbons (Fsp3) is 0.190. The van der Waals surface area contributed by atoms with Gasteiger partial charge in [0.2, 0.25) is 5.28 Å². The molecule has 0 aliphatic carbocycles. The van der Waals surface area contributed by atoms with E-state index in [4.69, 9.17) is 23.2 Å². The van der Waals surface area contributed by atoms with Crippen LogP contribution in [0.3, 0.4) is 0 Å². The average molecular weight is 450 g/mol. The molecule has 3 aromatic rings. The third-order valence-corrected chi connectivity index (χ3v) is 5.90. The van der Waals surface area contributed by atoms with E-state index in [0.29, 0.717) is 12.1 Å². The first-order valence-electron chi connectivity index (χ1n) is 8.97. The molecular weight excluding hydrogens is 432 g/mol. The van der Waals surface area contributed by atoms with Crippen molar-refractivity contribution in [3.63, 3.8) is 0 Å². The van der Waals surface area contributed by atoms with Gasteiger partial charge in [0.05, 0.1) is 22.0 Å². The van der Waals surface area contributed by atoms with E-state index >= 15 is 0 Å². The van der Waals surface area contributed by atoms with Crippen LogP contribution >= 0.6 is 35.0 Å². The molecule has 3 rings (SSSR count). The molecule has 0 radical (unpaired) electrons. The van der Waals surface area contributed by atoms with Crippen molar-refractivity contribution in [3.05, 3.63) is 81.6 Å². The molecule has 1 aromatic heterocycles. The number of carbonyl (C=O) groups excluding carboxylic acids is 1. The van der Waals surface area contributed by atoms with Crippen molar-refractivity contribution in [2.24, 2.45) is 0 Å². The van der Waals surface area contributed by atoms with Gasteiger partial charge in [0.25, 0.3) is 5.91 Å². The summed E-state index contributed by atoms with van der Waals surface area (Å²) in [4.78, 5) is 22.1. The molecular formula is C21H18Cl2FN3OS. The molecule has 2 aromatic carbocycles. The number of nitrogens with zero attached hydrogens (tertiary/aromatic N) is 2. The zero-order valence-corrected chi connectivity index (χ0v) is 17.9. The second kappa shape index (κ2) is 10.1. The monoisotopic (exact) mass is 449 g/mol. The Morgan fingerprint density at radius 3 is 2.72 bits per heavy atom. The third-order valence-electron chi connectivity index (χ3n) is 4.08. The maximum atomic E-state index is 14.1. The smallest absolute Gasteiger partial charge is 0.259 e. The summed E-state index contributed by atoms with van der Waals surface area (Å²) in [5, 5.41) is 2.66. The van der Waals surface area contributed by atoms with Gasteiger partial charge in [0.1, 0.15) is 5.82 Å². The van der Waals surface area contributed by atoms with Crippen molar-refractivity contribution >= 4 is 46.6 Å². The standard InChI is InChI=1S/C21H18Cl2FN3OS/c1-2-10-29-18-9-4-3-6-13(18)11-17-14(12-25-21(23)26-17)20(28)27-19-15(22)7-5-8-16(19)24/h3-9,12H,2,10-11H2,1H3,(H,27,28). The highest BCUT2D eigenvalue weighted by Gasteiger charge is 2.19. The molecule has 0 spiro atoms. The molecule has 1 heterocycles. The molecule has 0 bridgehead atoms. The van der Waals surface area contributed by atoms with Crippen molar-refractivity contribution in [1.82, 2.24) is 9.97 Å². The summed E-state index contributed by atoms with van der Waals surface area (Å²) >= 11 is 13.7. The molecule has 0 fully saturated rings. The van der Waals surface area contributed by atoms with Crippen molar-refractivity contribution in [2.75, 3.05) is 11.1 Å². The highest BCUT2D eigenvalue weighted by Crippen LogP contribution is 2.28. The van der Waals surface area contributed by atoms with E-state index in [2.05, 4.69) is 22.2 Å². The number of carbonyl (C=O) groups is 1. The van der Waals surface area contributed by atoms with Gasteiger partial charge in [-0.1, -0.05) is 42.8 Å². The zero-order chi connectivity index (χ0) is 20.8. The maximum absolute atomic E-state index is 14.1. The molecule has 0 saturated carbocycles. The Kier molecular flexibility index (Phi) is 7.47. The van der Waals surface area contributed by atoms with Crippen molar-refractivity contribution in [2.45, 2.75) is 24.7 Å². The van der Waals surface area contributed by atoms with Gasteiger partial charge >= 0.3 is 0 Å². The van der Waals surface area contributed by atoms with Gasteiger partial charge < -0.3 is 5.32 Å². The average Bonchev–Trinajstić information content (AvgIpc) is 2.70. The van der Waals surface area contributed by atoms with Crippen LogP contribution in [0.1, 0.15) is 35.0 Å². The molecule has 0 unspecified atom stereocenters. The Bertz CT molecular complexity index is 1010. The van der Waals surface area contributed by atoms with Crippen LogP contribution in [0.4, 0.5) is 10.1 Å². The molecule has 4 nitrogen and oxygen atoms in total. The lowest BCUT2D eigenvalue weighted by Crippen LogP contribution is -2.17. The number of anilines is 1. The number of para-hydroxylation sites is 1. The lowest BCUT2D eigenvalue weighted by Gasteiger charge is -2.13. The molecule has 8 heteroatoms. The number of halogens is 3. The Balaban J connectivity index is 1.92. The van der Waals surface area contributed by atoms with Gasteiger partial charge in [-0.25, -0.2) is 14.4 Å². The van der Waals surface area contributed by atoms with Crippen LogP contribution in [0.15, 0.2) is 53.6 Å². The highest BCUT2D eigenvalue weighted by atomic mass is 35.5. The van der Waals surface area contributed by atoms with Crippen LogP contribution in [-0.4, -0.2) is 21.6 Å². The molecule has 150 valence electrons. The fourth-order valence-electron chi connectivity index (χ4n) is 2.70. The largest absolute Gasteiger partial charge is 0.318 e. The zero-order valence-electron chi connectivity index (χ0n) is 15.6. The van der Waals surface area contributed by atoms with Gasteiger partial charge in [-0.05, 0) is 47.5 Å². The van der Waals surface area contributed by atoms with Crippen LogP contribution < -0.4 is 5.32 Å². The minimum absolute atomic E-state index is 0.0409. The van der Waals surface area contributed by atoms with Crippen LogP contribution in [0, 0.1) is 5.82 Å². The molecule has 1 amide bonds. The molecule has 29 heavy (non-hydrogen) atoms.